The lowest BCUT2D eigenvalue weighted by Crippen LogP contribution is -2.27. The van der Waals surface area contributed by atoms with Crippen LogP contribution in [0.15, 0.2) is 0 Å². The molecule has 0 amide bonds. The topological polar surface area (TPSA) is 40.5 Å². The summed E-state index contributed by atoms with van der Waals surface area (Å²) in [5.41, 5.74) is 0. The van der Waals surface area contributed by atoms with Crippen molar-refractivity contribution in [2.24, 2.45) is 5.92 Å². The van der Waals surface area contributed by atoms with Crippen molar-refractivity contribution in [1.29, 1.82) is 0 Å². The highest BCUT2D eigenvalue weighted by Gasteiger charge is 2.19. The SMILES string of the molecule is C#CC(O)(O)CC(C)C. The van der Waals surface area contributed by atoms with E-state index in [1.165, 1.54) is 0 Å². The van der Waals surface area contributed by atoms with Crippen molar-refractivity contribution in [3.05, 3.63) is 0 Å². The highest BCUT2D eigenvalue weighted by Crippen LogP contribution is 2.11. The lowest BCUT2D eigenvalue weighted by Gasteiger charge is -2.16. The largest absolute Gasteiger partial charge is 0.356 e. The van der Waals surface area contributed by atoms with Crippen LogP contribution in [0.2, 0.25) is 0 Å². The molecule has 2 nitrogen and oxygen atoms in total. The maximum Gasteiger partial charge on any atom is 0.228 e. The van der Waals surface area contributed by atoms with Crippen molar-refractivity contribution in [3.8, 4) is 12.3 Å². The third-order valence-corrected chi connectivity index (χ3v) is 0.924. The Balaban J connectivity index is 3.76. The summed E-state index contributed by atoms with van der Waals surface area (Å²) >= 11 is 0. The summed E-state index contributed by atoms with van der Waals surface area (Å²) in [6, 6.07) is 0. The summed E-state index contributed by atoms with van der Waals surface area (Å²) in [7, 11) is 0. The van der Waals surface area contributed by atoms with Gasteiger partial charge in [0.2, 0.25) is 5.79 Å². The number of hydrogen-bond donors (Lipinski definition) is 2. The van der Waals surface area contributed by atoms with Crippen molar-refractivity contribution < 1.29 is 10.2 Å². The maximum absolute atomic E-state index is 8.81. The molecule has 0 spiro atoms. The fourth-order valence-corrected chi connectivity index (χ4v) is 0.628. The molecule has 0 saturated heterocycles. The van der Waals surface area contributed by atoms with Crippen molar-refractivity contribution in [3.63, 3.8) is 0 Å². The van der Waals surface area contributed by atoms with Crippen LogP contribution < -0.4 is 0 Å². The van der Waals surface area contributed by atoms with Crippen LogP contribution in [-0.4, -0.2) is 16.0 Å². The molecule has 0 radical (unpaired) electrons. The zero-order chi connectivity index (χ0) is 7.49. The predicted octanol–water partition coefficient (Wildman–Crippen LogP) is 0.347. The van der Waals surface area contributed by atoms with Gasteiger partial charge in [0.1, 0.15) is 0 Å². The Morgan fingerprint density at radius 1 is 1.56 bits per heavy atom. The van der Waals surface area contributed by atoms with Gasteiger partial charge in [-0.3, -0.25) is 0 Å². The van der Waals surface area contributed by atoms with Crippen LogP contribution >= 0.6 is 0 Å². The minimum Gasteiger partial charge on any atom is -0.356 e. The average molecular weight is 128 g/mol. The Kier molecular flexibility index (Phi) is 2.69. The zero-order valence-electron chi connectivity index (χ0n) is 5.76. The number of aliphatic hydroxyl groups is 2. The molecule has 52 valence electrons. The first-order chi connectivity index (χ1) is 3.98. The third-order valence-electron chi connectivity index (χ3n) is 0.924. The van der Waals surface area contributed by atoms with E-state index in [0.29, 0.717) is 0 Å². The second-order valence-corrected chi connectivity index (χ2v) is 2.56. The minimum absolute atomic E-state index is 0.205. The Morgan fingerprint density at radius 3 is 2.11 bits per heavy atom. The van der Waals surface area contributed by atoms with Crippen molar-refractivity contribution in [2.75, 3.05) is 0 Å². The smallest absolute Gasteiger partial charge is 0.228 e. The Bertz CT molecular complexity index is 119. The molecule has 0 aromatic carbocycles. The van der Waals surface area contributed by atoms with Crippen molar-refractivity contribution >= 4 is 0 Å². The van der Waals surface area contributed by atoms with Gasteiger partial charge in [0.25, 0.3) is 0 Å². The molecule has 2 heteroatoms. The van der Waals surface area contributed by atoms with Gasteiger partial charge in [0.15, 0.2) is 0 Å². The van der Waals surface area contributed by atoms with Gasteiger partial charge in [-0.2, -0.15) is 0 Å². The summed E-state index contributed by atoms with van der Waals surface area (Å²) in [4.78, 5) is 0. The van der Waals surface area contributed by atoms with Crippen LogP contribution in [-0.2, 0) is 0 Å². The Labute approximate surface area is 55.5 Å². The van der Waals surface area contributed by atoms with E-state index in [0.717, 1.165) is 0 Å². The molecule has 0 aliphatic rings. The van der Waals surface area contributed by atoms with Gasteiger partial charge in [0, 0.05) is 6.42 Å². The summed E-state index contributed by atoms with van der Waals surface area (Å²) in [5.74, 6) is 0.180. The predicted molar refractivity (Wildman–Crippen MR) is 35.5 cm³/mol. The Hall–Kier alpha value is -0.520. The molecule has 0 heterocycles. The van der Waals surface area contributed by atoms with Crippen LogP contribution in [0.25, 0.3) is 0 Å². The van der Waals surface area contributed by atoms with E-state index in [4.69, 9.17) is 16.6 Å². The molecule has 0 rings (SSSR count). The average Bonchev–Trinajstić information content (AvgIpc) is 1.63. The molecular formula is C7H12O2. The van der Waals surface area contributed by atoms with Crippen LogP contribution in [0, 0.1) is 18.3 Å². The molecule has 0 aliphatic heterocycles. The monoisotopic (exact) mass is 128 g/mol. The minimum atomic E-state index is -1.91. The van der Waals surface area contributed by atoms with Gasteiger partial charge < -0.3 is 10.2 Å². The van der Waals surface area contributed by atoms with Gasteiger partial charge in [0.05, 0.1) is 0 Å². The van der Waals surface area contributed by atoms with Crippen LogP contribution in [0.3, 0.4) is 0 Å². The van der Waals surface area contributed by atoms with E-state index in [2.05, 4.69) is 0 Å². The van der Waals surface area contributed by atoms with Gasteiger partial charge in [-0.15, -0.1) is 6.42 Å². The maximum atomic E-state index is 8.81. The molecule has 0 aliphatic carbocycles. The van der Waals surface area contributed by atoms with E-state index in [9.17, 15) is 0 Å². The lowest BCUT2D eigenvalue weighted by molar-refractivity contribution is -0.120. The number of hydrogen-bond acceptors (Lipinski definition) is 2. The van der Waals surface area contributed by atoms with Gasteiger partial charge >= 0.3 is 0 Å². The molecule has 2 N–H and O–H groups in total. The fraction of sp³-hybridized carbons (Fsp3) is 0.714. The lowest BCUT2D eigenvalue weighted by atomic mass is 10.0. The van der Waals surface area contributed by atoms with Crippen LogP contribution in [0.4, 0.5) is 0 Å². The fourth-order valence-electron chi connectivity index (χ4n) is 0.628. The first-order valence-electron chi connectivity index (χ1n) is 2.90. The van der Waals surface area contributed by atoms with Crippen LogP contribution in [0.1, 0.15) is 20.3 Å². The second kappa shape index (κ2) is 2.86. The van der Waals surface area contributed by atoms with Gasteiger partial charge in [-0.05, 0) is 11.8 Å². The highest BCUT2D eigenvalue weighted by molar-refractivity contribution is 4.99. The van der Waals surface area contributed by atoms with E-state index in [-0.39, 0.29) is 12.3 Å². The van der Waals surface area contributed by atoms with E-state index < -0.39 is 5.79 Å². The summed E-state index contributed by atoms with van der Waals surface area (Å²) < 4.78 is 0. The standard InChI is InChI=1S/C7H12O2/c1-4-7(8,9)5-6(2)3/h1,6,8-9H,5H2,2-3H3. The molecular weight excluding hydrogens is 116 g/mol. The van der Waals surface area contributed by atoms with Gasteiger partial charge in [-0.25, -0.2) is 0 Å². The number of terminal acetylenes is 1. The highest BCUT2D eigenvalue weighted by atomic mass is 16.5. The molecule has 9 heavy (non-hydrogen) atoms. The number of rotatable bonds is 2. The summed E-state index contributed by atoms with van der Waals surface area (Å²) in [6.45, 7) is 3.75. The molecule has 0 unspecified atom stereocenters. The van der Waals surface area contributed by atoms with Gasteiger partial charge in [-0.1, -0.05) is 13.8 Å². The van der Waals surface area contributed by atoms with Crippen molar-refractivity contribution in [2.45, 2.75) is 26.1 Å². The van der Waals surface area contributed by atoms with Crippen LogP contribution in [0.5, 0.6) is 0 Å². The normalized spacial score (nSPS) is 11.6. The van der Waals surface area contributed by atoms with E-state index in [1.807, 2.05) is 19.8 Å². The molecule has 0 atom stereocenters. The summed E-state index contributed by atoms with van der Waals surface area (Å²) in [5, 5.41) is 17.6. The first kappa shape index (κ1) is 8.48. The first-order valence-corrected chi connectivity index (χ1v) is 2.90. The summed E-state index contributed by atoms with van der Waals surface area (Å²) in [6.07, 6.45) is 5.03. The molecule has 0 bridgehead atoms. The second-order valence-electron chi connectivity index (χ2n) is 2.56. The van der Waals surface area contributed by atoms with E-state index >= 15 is 0 Å². The quantitative estimate of drug-likeness (QED) is 0.416. The van der Waals surface area contributed by atoms with E-state index in [1.54, 1.807) is 0 Å². The molecule has 0 fully saturated rings. The third kappa shape index (κ3) is 4.01. The Morgan fingerprint density at radius 2 is 2.00 bits per heavy atom. The molecule has 0 saturated carbocycles. The zero-order valence-corrected chi connectivity index (χ0v) is 5.76. The molecule has 0 aromatic heterocycles. The molecule has 0 aromatic rings. The van der Waals surface area contributed by atoms with Crippen molar-refractivity contribution in [1.82, 2.24) is 0 Å².